The molecular formula is C19H22N4O4. The Morgan fingerprint density at radius 2 is 1.96 bits per heavy atom. The van der Waals surface area contributed by atoms with Gasteiger partial charge in [0.25, 0.3) is 0 Å². The normalized spacial score (nSPS) is 15.0. The number of nitrogens with zero attached hydrogens (tertiary/aromatic N) is 4. The maximum absolute atomic E-state index is 11.9. The van der Waals surface area contributed by atoms with E-state index in [4.69, 9.17) is 9.84 Å². The Bertz CT molecular complexity index is 847. The molecule has 27 heavy (non-hydrogen) atoms. The van der Waals surface area contributed by atoms with E-state index in [1.165, 1.54) is 13.3 Å². The van der Waals surface area contributed by atoms with E-state index < -0.39 is 5.97 Å². The number of carbonyl (C=O) groups is 2. The van der Waals surface area contributed by atoms with Gasteiger partial charge in [0, 0.05) is 49.8 Å². The van der Waals surface area contributed by atoms with Crippen molar-refractivity contribution in [1.29, 1.82) is 0 Å². The van der Waals surface area contributed by atoms with E-state index in [0.717, 1.165) is 18.5 Å². The third kappa shape index (κ3) is 4.46. The summed E-state index contributed by atoms with van der Waals surface area (Å²) < 4.78 is 4.92. The minimum absolute atomic E-state index is 0.00654. The summed E-state index contributed by atoms with van der Waals surface area (Å²) in [4.78, 5) is 38.0. The lowest BCUT2D eigenvalue weighted by Gasteiger charge is -2.31. The summed E-state index contributed by atoms with van der Waals surface area (Å²) in [5, 5.41) is 9.16. The summed E-state index contributed by atoms with van der Waals surface area (Å²) in [7, 11) is 1.52. The van der Waals surface area contributed by atoms with Crippen LogP contribution in [0.4, 0.5) is 0 Å². The van der Waals surface area contributed by atoms with Crippen LogP contribution in [0.2, 0.25) is 0 Å². The molecule has 1 fully saturated rings. The van der Waals surface area contributed by atoms with Crippen molar-refractivity contribution in [3.8, 4) is 11.3 Å². The molecule has 2 aromatic rings. The molecule has 0 unspecified atom stereocenters. The highest BCUT2D eigenvalue weighted by molar-refractivity contribution is 5.88. The maximum Gasteiger partial charge on any atom is 0.337 e. The number of aromatic nitrogens is 3. The lowest BCUT2D eigenvalue weighted by atomic mass is 9.92. The zero-order chi connectivity index (χ0) is 19.4. The number of aromatic carboxylic acids is 1. The van der Waals surface area contributed by atoms with Crippen molar-refractivity contribution >= 4 is 11.9 Å². The number of rotatable bonds is 5. The van der Waals surface area contributed by atoms with Crippen molar-refractivity contribution in [2.75, 3.05) is 26.8 Å². The zero-order valence-corrected chi connectivity index (χ0v) is 15.4. The molecule has 8 heteroatoms. The third-order valence-electron chi connectivity index (χ3n) is 4.67. The number of hydrogen-bond acceptors (Lipinski definition) is 6. The fourth-order valence-corrected chi connectivity index (χ4v) is 3.28. The summed E-state index contributed by atoms with van der Waals surface area (Å²) in [5.41, 5.74) is 2.34. The summed E-state index contributed by atoms with van der Waals surface area (Å²) in [6.45, 7) is 3.26. The predicted molar refractivity (Wildman–Crippen MR) is 97.4 cm³/mol. The van der Waals surface area contributed by atoms with Crippen LogP contribution in [0.25, 0.3) is 11.3 Å². The first-order valence-electron chi connectivity index (χ1n) is 8.79. The van der Waals surface area contributed by atoms with Gasteiger partial charge in [-0.15, -0.1) is 0 Å². The average molecular weight is 370 g/mol. The number of ether oxygens (including phenoxy) is 1. The molecule has 0 radical (unpaired) electrons. The quantitative estimate of drug-likeness (QED) is 0.857. The molecule has 2 aromatic heterocycles. The first-order chi connectivity index (χ1) is 13.0. The number of amides is 1. The van der Waals surface area contributed by atoms with Gasteiger partial charge in [-0.1, -0.05) is 0 Å². The number of likely N-dealkylation sites (tertiary alicyclic amines) is 1. The van der Waals surface area contributed by atoms with Gasteiger partial charge in [0.05, 0.1) is 11.3 Å². The van der Waals surface area contributed by atoms with Crippen LogP contribution in [-0.2, 0) is 9.53 Å². The van der Waals surface area contributed by atoms with Crippen LogP contribution in [0.5, 0.6) is 0 Å². The van der Waals surface area contributed by atoms with Crippen LogP contribution >= 0.6 is 0 Å². The molecular weight excluding hydrogens is 348 g/mol. The fourth-order valence-electron chi connectivity index (χ4n) is 3.28. The molecule has 3 rings (SSSR count). The maximum atomic E-state index is 11.9. The number of pyridine rings is 1. The molecule has 3 heterocycles. The summed E-state index contributed by atoms with van der Waals surface area (Å²) in [6, 6.07) is 3.46. The number of piperidine rings is 1. The highest BCUT2D eigenvalue weighted by Gasteiger charge is 2.25. The van der Waals surface area contributed by atoms with Crippen molar-refractivity contribution in [1.82, 2.24) is 19.9 Å². The van der Waals surface area contributed by atoms with E-state index in [0.29, 0.717) is 30.2 Å². The molecule has 0 aromatic carbocycles. The second-order valence-corrected chi connectivity index (χ2v) is 6.58. The lowest BCUT2D eigenvalue weighted by Crippen LogP contribution is -2.39. The second-order valence-electron chi connectivity index (χ2n) is 6.58. The molecule has 1 aliphatic heterocycles. The minimum atomic E-state index is -1.02. The molecule has 1 aliphatic rings. The standard InChI is InChI=1S/C19H22N4O4/c1-12-21-16(13-3-5-23(6-4-13)18(24)11-27-2)8-17(22-12)14-7-15(19(25)26)10-20-9-14/h7-10,13H,3-6,11H2,1-2H3,(H,25,26). The Labute approximate surface area is 157 Å². The number of carboxylic acids is 1. The highest BCUT2D eigenvalue weighted by Crippen LogP contribution is 2.29. The summed E-state index contributed by atoms with van der Waals surface area (Å²) in [5.74, 6) is -0.163. The summed E-state index contributed by atoms with van der Waals surface area (Å²) in [6.07, 6.45) is 4.55. The molecule has 142 valence electrons. The predicted octanol–water partition coefficient (Wildman–Crippen LogP) is 1.90. The van der Waals surface area contributed by atoms with Gasteiger partial charge in [0.15, 0.2) is 0 Å². The Kier molecular flexibility index (Phi) is 5.75. The molecule has 1 N–H and O–H groups in total. The SMILES string of the molecule is COCC(=O)N1CCC(c2cc(-c3cncc(C(=O)O)c3)nc(C)n2)CC1. The van der Waals surface area contributed by atoms with Crippen LogP contribution in [0.1, 0.15) is 40.6 Å². The molecule has 0 spiro atoms. The van der Waals surface area contributed by atoms with Crippen LogP contribution in [-0.4, -0.2) is 63.6 Å². The smallest absolute Gasteiger partial charge is 0.337 e. The molecule has 0 aliphatic carbocycles. The van der Waals surface area contributed by atoms with Gasteiger partial charge in [0.1, 0.15) is 12.4 Å². The zero-order valence-electron chi connectivity index (χ0n) is 15.4. The topological polar surface area (TPSA) is 106 Å². The van der Waals surface area contributed by atoms with Crippen molar-refractivity contribution in [3.05, 3.63) is 41.6 Å². The van der Waals surface area contributed by atoms with Gasteiger partial charge in [-0.05, 0) is 31.9 Å². The van der Waals surface area contributed by atoms with Gasteiger partial charge in [-0.25, -0.2) is 14.8 Å². The van der Waals surface area contributed by atoms with Crippen LogP contribution in [0, 0.1) is 6.92 Å². The van der Waals surface area contributed by atoms with Gasteiger partial charge in [-0.2, -0.15) is 0 Å². The molecule has 0 bridgehead atoms. The van der Waals surface area contributed by atoms with Gasteiger partial charge in [-0.3, -0.25) is 9.78 Å². The van der Waals surface area contributed by atoms with Gasteiger partial charge in [0.2, 0.25) is 5.91 Å². The average Bonchev–Trinajstić information content (AvgIpc) is 2.68. The Balaban J connectivity index is 1.80. The molecule has 0 atom stereocenters. The Morgan fingerprint density at radius 3 is 2.63 bits per heavy atom. The van der Waals surface area contributed by atoms with Gasteiger partial charge >= 0.3 is 5.97 Å². The van der Waals surface area contributed by atoms with Gasteiger partial charge < -0.3 is 14.7 Å². The van der Waals surface area contributed by atoms with Crippen molar-refractivity contribution in [2.45, 2.75) is 25.7 Å². The van der Waals surface area contributed by atoms with E-state index in [-0.39, 0.29) is 24.0 Å². The number of methoxy groups -OCH3 is 1. The van der Waals surface area contributed by atoms with Crippen LogP contribution in [0.15, 0.2) is 24.5 Å². The highest BCUT2D eigenvalue weighted by atomic mass is 16.5. The Morgan fingerprint density at radius 1 is 1.22 bits per heavy atom. The van der Waals surface area contributed by atoms with E-state index in [1.807, 2.05) is 17.9 Å². The van der Waals surface area contributed by atoms with E-state index in [2.05, 4.69) is 15.0 Å². The number of carbonyl (C=O) groups excluding carboxylic acids is 1. The lowest BCUT2D eigenvalue weighted by molar-refractivity contribution is -0.136. The van der Waals surface area contributed by atoms with Crippen LogP contribution in [0.3, 0.4) is 0 Å². The first-order valence-corrected chi connectivity index (χ1v) is 8.79. The number of carboxylic acid groups (broad SMARTS) is 1. The largest absolute Gasteiger partial charge is 0.478 e. The fraction of sp³-hybridized carbons (Fsp3) is 0.421. The van der Waals surface area contributed by atoms with E-state index in [1.54, 1.807) is 12.3 Å². The minimum Gasteiger partial charge on any atom is -0.478 e. The number of aryl methyl sites for hydroxylation is 1. The monoisotopic (exact) mass is 370 g/mol. The molecule has 1 amide bonds. The molecule has 1 saturated heterocycles. The first kappa shape index (κ1) is 18.9. The van der Waals surface area contributed by atoms with E-state index in [9.17, 15) is 9.59 Å². The van der Waals surface area contributed by atoms with Crippen molar-refractivity contribution in [3.63, 3.8) is 0 Å². The third-order valence-corrected chi connectivity index (χ3v) is 4.67. The molecule has 0 saturated carbocycles. The number of hydrogen-bond donors (Lipinski definition) is 1. The summed E-state index contributed by atoms with van der Waals surface area (Å²) >= 11 is 0. The Hall–Kier alpha value is -2.87. The second kappa shape index (κ2) is 8.22. The van der Waals surface area contributed by atoms with Crippen molar-refractivity contribution in [2.24, 2.45) is 0 Å². The van der Waals surface area contributed by atoms with E-state index >= 15 is 0 Å². The van der Waals surface area contributed by atoms with Crippen molar-refractivity contribution < 1.29 is 19.4 Å². The molecule has 8 nitrogen and oxygen atoms in total. The van der Waals surface area contributed by atoms with Crippen LogP contribution < -0.4 is 0 Å².